The Bertz CT molecular complexity index is 1450. The minimum absolute atomic E-state index is 0.122. The molecule has 4 unspecified atom stereocenters. The number of ether oxygens (including phenoxy) is 6. The van der Waals surface area contributed by atoms with E-state index in [1.165, 1.54) is 77.0 Å². The summed E-state index contributed by atoms with van der Waals surface area (Å²) in [5.41, 5.74) is 0. The lowest BCUT2D eigenvalue weighted by Gasteiger charge is -2.42. The summed E-state index contributed by atoms with van der Waals surface area (Å²) in [7, 11) is 0. The highest BCUT2D eigenvalue weighted by Gasteiger charge is 2.47. The molecular weight excluding hydrogens is 901 g/mol. The summed E-state index contributed by atoms with van der Waals surface area (Å²) in [6.45, 7) is 2.50. The zero-order valence-corrected chi connectivity index (χ0v) is 42.7. The Morgan fingerprint density at radius 1 is 0.457 bits per heavy atom. The molecule has 11 atom stereocenters. The van der Waals surface area contributed by atoms with Crippen molar-refractivity contribution in [2.45, 2.75) is 248 Å². The molecule has 70 heavy (non-hydrogen) atoms. The lowest BCUT2D eigenvalue weighted by atomic mass is 9.98. The SMILES string of the molecule is CCCCC/C=C/C/C=C/C/C=C/C/C=C/CCCCCC(=O)O[C@H](COC(=O)CCCC/C=C/CCCCCCCCCCC)CO[C@H]1O[C@@H](CO[C@H]2O[C@@H](CO)[C@@H](O)C(O)C2O)[C@@H](O)C(O)C1O. The molecule has 2 rings (SSSR count). The van der Waals surface area contributed by atoms with Crippen LogP contribution in [0.4, 0.5) is 0 Å². The van der Waals surface area contributed by atoms with E-state index in [-0.39, 0.29) is 19.4 Å². The first-order valence-electron chi connectivity index (χ1n) is 26.9. The molecule has 0 bridgehead atoms. The van der Waals surface area contributed by atoms with Crippen molar-refractivity contribution in [1.29, 1.82) is 0 Å². The minimum atomic E-state index is -1.78. The molecule has 15 nitrogen and oxygen atoms in total. The molecule has 15 heteroatoms. The first-order chi connectivity index (χ1) is 34.0. The van der Waals surface area contributed by atoms with Crippen LogP contribution in [0.5, 0.6) is 0 Å². The van der Waals surface area contributed by atoms with Crippen LogP contribution >= 0.6 is 0 Å². The average Bonchev–Trinajstić information content (AvgIpc) is 3.35. The van der Waals surface area contributed by atoms with Gasteiger partial charge in [-0.1, -0.05) is 145 Å². The highest BCUT2D eigenvalue weighted by atomic mass is 16.7. The standard InChI is InChI=1S/C55H94O15/c1-3-5-7-9-11-13-15-17-19-20-21-22-24-26-28-30-32-34-36-38-47(58)68-43(40-65-46(57)37-35-33-31-29-27-25-23-18-16-14-12-10-8-6-4-2)41-66-54-53(64)51(62)49(60)45(70-54)42-67-55-52(63)50(61)48(59)44(39-56)69-55/h11,13,17,19,21-22,26-29,43-45,48-56,59-64H,3-10,12,14-16,18,20,23-25,30-42H2,1-2H3/b13-11+,19-17+,22-21+,28-26+,29-27+/t43-,44+,45+,48-,49-,50?,51?,52?,53?,54+,55+/m1/s1. The maximum atomic E-state index is 13.0. The van der Waals surface area contributed by atoms with E-state index in [0.29, 0.717) is 12.8 Å². The Morgan fingerprint density at radius 3 is 1.41 bits per heavy atom. The number of aliphatic hydroxyl groups excluding tert-OH is 7. The van der Waals surface area contributed by atoms with Gasteiger partial charge in [0.05, 0.1) is 19.8 Å². The third-order valence-electron chi connectivity index (χ3n) is 12.5. The van der Waals surface area contributed by atoms with Gasteiger partial charge < -0.3 is 64.2 Å². The van der Waals surface area contributed by atoms with E-state index in [4.69, 9.17) is 28.4 Å². The highest BCUT2D eigenvalue weighted by Crippen LogP contribution is 2.26. The smallest absolute Gasteiger partial charge is 0.306 e. The number of carbonyl (C=O) groups excluding carboxylic acids is 2. The van der Waals surface area contributed by atoms with Crippen molar-refractivity contribution in [1.82, 2.24) is 0 Å². The van der Waals surface area contributed by atoms with E-state index in [2.05, 4.69) is 74.6 Å². The van der Waals surface area contributed by atoms with Crippen LogP contribution in [0.2, 0.25) is 0 Å². The molecule has 0 radical (unpaired) electrons. The van der Waals surface area contributed by atoms with Crippen molar-refractivity contribution in [2.75, 3.05) is 26.4 Å². The zero-order chi connectivity index (χ0) is 51.0. The Morgan fingerprint density at radius 2 is 0.857 bits per heavy atom. The van der Waals surface area contributed by atoms with E-state index in [1.54, 1.807) is 0 Å². The summed E-state index contributed by atoms with van der Waals surface area (Å²) >= 11 is 0. The fourth-order valence-electron chi connectivity index (χ4n) is 8.02. The molecule has 0 aromatic rings. The Balaban J connectivity index is 1.82. The van der Waals surface area contributed by atoms with Gasteiger partial charge in [-0.15, -0.1) is 0 Å². The quantitative estimate of drug-likeness (QED) is 0.0175. The van der Waals surface area contributed by atoms with Gasteiger partial charge in [-0.05, 0) is 83.5 Å². The molecule has 0 saturated carbocycles. The van der Waals surface area contributed by atoms with Crippen molar-refractivity contribution in [3.63, 3.8) is 0 Å². The van der Waals surface area contributed by atoms with E-state index in [0.717, 1.165) is 64.2 Å². The van der Waals surface area contributed by atoms with Crippen LogP contribution in [0.3, 0.4) is 0 Å². The Labute approximate surface area is 420 Å². The fraction of sp³-hybridized carbons (Fsp3) is 0.782. The number of aliphatic hydroxyl groups is 7. The van der Waals surface area contributed by atoms with Gasteiger partial charge in [0.1, 0.15) is 55.4 Å². The van der Waals surface area contributed by atoms with Crippen LogP contribution in [0.25, 0.3) is 0 Å². The van der Waals surface area contributed by atoms with Gasteiger partial charge in [0.15, 0.2) is 18.7 Å². The molecule has 0 aromatic heterocycles. The molecule has 0 aromatic carbocycles. The summed E-state index contributed by atoms with van der Waals surface area (Å²) in [5.74, 6) is -0.989. The number of allylic oxidation sites excluding steroid dienone is 10. The second kappa shape index (κ2) is 41.6. The highest BCUT2D eigenvalue weighted by molar-refractivity contribution is 5.70. The largest absolute Gasteiger partial charge is 0.462 e. The molecule has 0 amide bonds. The summed E-state index contributed by atoms with van der Waals surface area (Å²) in [5, 5.41) is 72.1. The summed E-state index contributed by atoms with van der Waals surface area (Å²) in [6.07, 6.45) is 31.0. The van der Waals surface area contributed by atoms with Gasteiger partial charge in [0.2, 0.25) is 0 Å². The Kier molecular flexibility index (Phi) is 37.7. The predicted molar refractivity (Wildman–Crippen MR) is 270 cm³/mol. The molecule has 2 heterocycles. The number of rotatable bonds is 41. The molecule has 0 spiro atoms. The number of hydrogen-bond donors (Lipinski definition) is 7. The first-order valence-corrected chi connectivity index (χ1v) is 26.9. The maximum absolute atomic E-state index is 13.0. The monoisotopic (exact) mass is 995 g/mol. The van der Waals surface area contributed by atoms with Crippen molar-refractivity contribution in [3.05, 3.63) is 60.8 Å². The van der Waals surface area contributed by atoms with Crippen LogP contribution in [0, 0.1) is 0 Å². The molecule has 404 valence electrons. The molecule has 7 N–H and O–H groups in total. The number of unbranched alkanes of at least 4 members (excludes halogenated alkanes) is 17. The molecule has 2 fully saturated rings. The molecule has 2 aliphatic heterocycles. The molecule has 2 aliphatic rings. The van der Waals surface area contributed by atoms with Gasteiger partial charge in [-0.25, -0.2) is 0 Å². The second-order valence-corrected chi connectivity index (χ2v) is 18.7. The van der Waals surface area contributed by atoms with Crippen LogP contribution in [0.1, 0.15) is 181 Å². The van der Waals surface area contributed by atoms with E-state index < -0.39 is 99.3 Å². The van der Waals surface area contributed by atoms with E-state index in [1.807, 2.05) is 0 Å². The van der Waals surface area contributed by atoms with Crippen LogP contribution in [-0.2, 0) is 38.0 Å². The summed E-state index contributed by atoms with van der Waals surface area (Å²) in [4.78, 5) is 25.8. The minimum Gasteiger partial charge on any atom is -0.462 e. The summed E-state index contributed by atoms with van der Waals surface area (Å²) < 4.78 is 33.5. The van der Waals surface area contributed by atoms with Crippen molar-refractivity contribution in [3.8, 4) is 0 Å². The van der Waals surface area contributed by atoms with Gasteiger partial charge in [-0.3, -0.25) is 9.59 Å². The predicted octanol–water partition coefficient (Wildman–Crippen LogP) is 8.05. The lowest BCUT2D eigenvalue weighted by Crippen LogP contribution is -2.61. The van der Waals surface area contributed by atoms with Crippen LogP contribution < -0.4 is 0 Å². The van der Waals surface area contributed by atoms with Crippen molar-refractivity contribution in [2.24, 2.45) is 0 Å². The second-order valence-electron chi connectivity index (χ2n) is 18.7. The maximum Gasteiger partial charge on any atom is 0.306 e. The van der Waals surface area contributed by atoms with Crippen molar-refractivity contribution >= 4 is 11.9 Å². The third kappa shape index (κ3) is 29.0. The van der Waals surface area contributed by atoms with Gasteiger partial charge >= 0.3 is 11.9 Å². The lowest BCUT2D eigenvalue weighted by molar-refractivity contribution is -0.332. The average molecular weight is 995 g/mol. The van der Waals surface area contributed by atoms with E-state index in [9.17, 15) is 45.3 Å². The molecule has 0 aliphatic carbocycles. The van der Waals surface area contributed by atoms with Gasteiger partial charge in [0.25, 0.3) is 0 Å². The van der Waals surface area contributed by atoms with Crippen LogP contribution in [0.15, 0.2) is 60.8 Å². The number of carbonyl (C=O) groups is 2. The number of esters is 2. The summed E-state index contributed by atoms with van der Waals surface area (Å²) in [6, 6.07) is 0. The van der Waals surface area contributed by atoms with E-state index >= 15 is 0 Å². The number of hydrogen-bond acceptors (Lipinski definition) is 15. The van der Waals surface area contributed by atoms with Gasteiger partial charge in [0, 0.05) is 12.8 Å². The van der Waals surface area contributed by atoms with Gasteiger partial charge in [-0.2, -0.15) is 0 Å². The van der Waals surface area contributed by atoms with Crippen LogP contribution in [-0.4, -0.2) is 142 Å². The third-order valence-corrected chi connectivity index (χ3v) is 12.5. The van der Waals surface area contributed by atoms with Crippen molar-refractivity contribution < 1.29 is 73.8 Å². The topological polar surface area (TPSA) is 231 Å². The zero-order valence-electron chi connectivity index (χ0n) is 42.7. The molecular formula is C55H94O15. The Hall–Kier alpha value is -2.80. The fourth-order valence-corrected chi connectivity index (χ4v) is 8.02. The first kappa shape index (κ1) is 63.3. The molecule has 2 saturated heterocycles. The normalized spacial score (nSPS) is 25.8.